The monoisotopic (exact) mass is 487 g/mol. The van der Waals surface area contributed by atoms with E-state index in [9.17, 15) is 22.8 Å². The normalized spacial score (nSPS) is 22.0. The zero-order valence-electron chi connectivity index (χ0n) is 17.7. The van der Waals surface area contributed by atoms with Crippen molar-refractivity contribution in [3.63, 3.8) is 0 Å². The molecule has 2 aliphatic rings. The molecule has 0 bridgehead atoms. The van der Waals surface area contributed by atoms with Gasteiger partial charge in [-0.15, -0.1) is 13.2 Å². The zero-order chi connectivity index (χ0) is 24.3. The third-order valence-corrected chi connectivity index (χ3v) is 6.44. The van der Waals surface area contributed by atoms with Gasteiger partial charge < -0.3 is 4.74 Å². The Morgan fingerprint density at radius 3 is 2.35 bits per heavy atom. The van der Waals surface area contributed by atoms with Crippen LogP contribution >= 0.6 is 11.6 Å². The largest absolute Gasteiger partial charge is 0.573 e. The van der Waals surface area contributed by atoms with Gasteiger partial charge in [0.05, 0.1) is 17.1 Å². The molecule has 0 N–H and O–H groups in total. The van der Waals surface area contributed by atoms with Crippen molar-refractivity contribution in [2.75, 3.05) is 9.80 Å². The number of anilines is 2. The molecule has 3 amide bonds. The molecule has 3 aromatic rings. The first kappa shape index (κ1) is 22.2. The lowest BCUT2D eigenvalue weighted by atomic mass is 10.1. The highest BCUT2D eigenvalue weighted by Crippen LogP contribution is 2.55. The van der Waals surface area contributed by atoms with Crippen LogP contribution in [0.1, 0.15) is 13.3 Å². The first-order chi connectivity index (χ1) is 16.1. The Labute approximate surface area is 197 Å². The minimum Gasteiger partial charge on any atom is -0.406 e. The van der Waals surface area contributed by atoms with E-state index in [1.54, 1.807) is 36.5 Å². The van der Waals surface area contributed by atoms with E-state index >= 15 is 0 Å². The first-order valence-corrected chi connectivity index (χ1v) is 10.7. The Hall–Kier alpha value is -3.59. The Bertz CT molecular complexity index is 1300. The van der Waals surface area contributed by atoms with Crippen LogP contribution in [0.4, 0.5) is 29.3 Å². The maximum atomic E-state index is 13.5. The van der Waals surface area contributed by atoms with Crippen LogP contribution in [-0.4, -0.2) is 28.8 Å². The van der Waals surface area contributed by atoms with Crippen molar-refractivity contribution >= 4 is 34.9 Å². The van der Waals surface area contributed by atoms with E-state index in [1.165, 1.54) is 17.0 Å². The van der Waals surface area contributed by atoms with Crippen LogP contribution in [0, 0.1) is 5.92 Å². The predicted molar refractivity (Wildman–Crippen MR) is 120 cm³/mol. The number of nitrogens with zero attached hydrogens (tertiary/aromatic N) is 3. The number of halogens is 4. The van der Waals surface area contributed by atoms with Gasteiger partial charge in [0, 0.05) is 16.8 Å². The van der Waals surface area contributed by atoms with Crippen LogP contribution in [0.2, 0.25) is 5.02 Å². The average Bonchev–Trinajstić information content (AvgIpc) is 3.39. The van der Waals surface area contributed by atoms with Crippen LogP contribution in [0.5, 0.6) is 5.75 Å². The fourth-order valence-electron chi connectivity index (χ4n) is 4.40. The fraction of sp³-hybridized carbons (Fsp3) is 0.208. The van der Waals surface area contributed by atoms with E-state index in [4.69, 9.17) is 11.6 Å². The Morgan fingerprint density at radius 2 is 1.74 bits per heavy atom. The van der Waals surface area contributed by atoms with E-state index < -0.39 is 29.6 Å². The lowest BCUT2D eigenvalue weighted by molar-refractivity contribution is -0.274. The number of rotatable bonds is 4. The number of aromatic nitrogens is 1. The molecule has 2 heterocycles. The topological polar surface area (TPSA) is 62.7 Å². The number of benzene rings is 2. The number of carbonyl (C=O) groups excluding carboxylic acids is 2. The minimum absolute atomic E-state index is 0.0984. The van der Waals surface area contributed by atoms with Crippen LogP contribution in [0.25, 0.3) is 11.3 Å². The quantitative estimate of drug-likeness (QED) is 0.420. The second-order valence-electron chi connectivity index (χ2n) is 8.21. The SMILES string of the molecule is CC1CC12C(=O)N(c1ccc(OC(F)(F)F)cc1)C(=O)N2c1ccnc(-c2ccccc2Cl)c1. The molecule has 1 aromatic heterocycles. The molecule has 2 fully saturated rings. The molecule has 1 saturated heterocycles. The van der Waals surface area contributed by atoms with Crippen molar-refractivity contribution in [1.29, 1.82) is 0 Å². The molecule has 2 unspecified atom stereocenters. The third kappa shape index (κ3) is 3.56. The molecule has 2 atom stereocenters. The van der Waals surface area contributed by atoms with Gasteiger partial charge in [0.25, 0.3) is 5.91 Å². The van der Waals surface area contributed by atoms with Crippen molar-refractivity contribution < 1.29 is 27.5 Å². The second-order valence-corrected chi connectivity index (χ2v) is 8.62. The highest BCUT2D eigenvalue weighted by atomic mass is 35.5. The predicted octanol–water partition coefficient (Wildman–Crippen LogP) is 6.05. The highest BCUT2D eigenvalue weighted by Gasteiger charge is 2.70. The number of urea groups is 1. The Morgan fingerprint density at radius 1 is 1.06 bits per heavy atom. The lowest BCUT2D eigenvalue weighted by Crippen LogP contribution is -2.39. The Balaban J connectivity index is 1.51. The maximum absolute atomic E-state index is 13.5. The van der Waals surface area contributed by atoms with Gasteiger partial charge in [0.1, 0.15) is 11.3 Å². The standard InChI is InChI=1S/C24H17ClF3N3O3/c1-14-13-23(14)21(32)30(15-6-8-17(9-7-15)34-24(26,27)28)22(33)31(23)16-10-11-29-20(12-16)18-4-2-3-5-19(18)25/h2-12,14H,13H2,1H3. The van der Waals surface area contributed by atoms with Crippen molar-refractivity contribution in [3.8, 4) is 17.0 Å². The van der Waals surface area contributed by atoms with Gasteiger partial charge in [-0.3, -0.25) is 14.7 Å². The summed E-state index contributed by atoms with van der Waals surface area (Å²) >= 11 is 6.31. The first-order valence-electron chi connectivity index (χ1n) is 10.4. The van der Waals surface area contributed by atoms with Crippen LogP contribution in [-0.2, 0) is 4.79 Å². The van der Waals surface area contributed by atoms with Crippen LogP contribution in [0.15, 0.2) is 66.9 Å². The summed E-state index contributed by atoms with van der Waals surface area (Å²) in [6.07, 6.45) is -2.84. The van der Waals surface area contributed by atoms with E-state index in [2.05, 4.69) is 9.72 Å². The number of carbonyl (C=O) groups is 2. The van der Waals surface area contributed by atoms with E-state index in [0.717, 1.165) is 17.0 Å². The smallest absolute Gasteiger partial charge is 0.406 e. The van der Waals surface area contributed by atoms with Gasteiger partial charge in [-0.25, -0.2) is 9.69 Å². The van der Waals surface area contributed by atoms with Crippen molar-refractivity contribution in [2.24, 2.45) is 5.92 Å². The molecular weight excluding hydrogens is 471 g/mol. The molecule has 0 radical (unpaired) electrons. The number of pyridine rings is 1. The van der Waals surface area contributed by atoms with Gasteiger partial charge in [-0.1, -0.05) is 36.7 Å². The van der Waals surface area contributed by atoms with E-state index in [0.29, 0.717) is 28.4 Å². The molecular formula is C24H17ClF3N3O3. The van der Waals surface area contributed by atoms with Crippen LogP contribution < -0.4 is 14.5 Å². The van der Waals surface area contributed by atoms with Gasteiger partial charge in [0.2, 0.25) is 0 Å². The number of imide groups is 1. The van der Waals surface area contributed by atoms with Gasteiger partial charge >= 0.3 is 12.4 Å². The average molecular weight is 488 g/mol. The van der Waals surface area contributed by atoms with E-state index in [-0.39, 0.29) is 11.6 Å². The fourth-order valence-corrected chi connectivity index (χ4v) is 4.64. The zero-order valence-corrected chi connectivity index (χ0v) is 18.5. The molecule has 34 heavy (non-hydrogen) atoms. The van der Waals surface area contributed by atoms with Gasteiger partial charge in [-0.2, -0.15) is 0 Å². The molecule has 1 aliphatic heterocycles. The molecule has 174 valence electrons. The number of hydrogen-bond donors (Lipinski definition) is 0. The summed E-state index contributed by atoms with van der Waals surface area (Å²) in [5.41, 5.74) is 0.799. The molecule has 1 spiro atoms. The molecule has 6 nitrogen and oxygen atoms in total. The summed E-state index contributed by atoms with van der Waals surface area (Å²) < 4.78 is 41.3. The van der Waals surface area contributed by atoms with Crippen molar-refractivity contribution in [3.05, 3.63) is 71.9 Å². The highest BCUT2D eigenvalue weighted by molar-refractivity contribution is 6.33. The van der Waals surface area contributed by atoms with Gasteiger partial charge in [-0.05, 0) is 54.8 Å². The summed E-state index contributed by atoms with van der Waals surface area (Å²) in [7, 11) is 0. The summed E-state index contributed by atoms with van der Waals surface area (Å²) in [6.45, 7) is 1.87. The molecule has 5 rings (SSSR count). The maximum Gasteiger partial charge on any atom is 0.573 e. The third-order valence-electron chi connectivity index (χ3n) is 6.11. The van der Waals surface area contributed by atoms with Crippen molar-refractivity contribution in [1.82, 2.24) is 4.98 Å². The molecule has 2 aromatic carbocycles. The summed E-state index contributed by atoms with van der Waals surface area (Å²) in [5, 5.41) is 0.494. The molecule has 1 saturated carbocycles. The lowest BCUT2D eigenvalue weighted by Gasteiger charge is -2.22. The summed E-state index contributed by atoms with van der Waals surface area (Å²) in [5.74, 6) is -0.968. The van der Waals surface area contributed by atoms with Crippen molar-refractivity contribution in [2.45, 2.75) is 25.2 Å². The number of ether oxygens (including phenoxy) is 1. The minimum atomic E-state index is -4.84. The van der Waals surface area contributed by atoms with Gasteiger partial charge in [0.15, 0.2) is 0 Å². The number of hydrogen-bond acceptors (Lipinski definition) is 4. The van der Waals surface area contributed by atoms with Crippen LogP contribution in [0.3, 0.4) is 0 Å². The number of amides is 3. The second kappa shape index (κ2) is 7.73. The molecule has 10 heteroatoms. The Kier molecular flexibility index (Phi) is 5.05. The summed E-state index contributed by atoms with van der Waals surface area (Å²) in [4.78, 5) is 33.8. The van der Waals surface area contributed by atoms with E-state index in [1.807, 2.05) is 13.0 Å². The molecule has 1 aliphatic carbocycles. The number of alkyl halides is 3. The summed E-state index contributed by atoms with van der Waals surface area (Å²) in [6, 6.07) is 14.5.